The van der Waals surface area contributed by atoms with Crippen LogP contribution in [0.1, 0.15) is 35.6 Å². The number of ether oxygens (including phenoxy) is 1. The Labute approximate surface area is 199 Å². The highest BCUT2D eigenvalue weighted by Crippen LogP contribution is 2.34. The first-order valence-electron chi connectivity index (χ1n) is 11.0. The highest BCUT2D eigenvalue weighted by Gasteiger charge is 2.35. The first kappa shape index (κ1) is 21.9. The molecule has 0 saturated heterocycles. The zero-order chi connectivity index (χ0) is 23.7. The van der Waals surface area contributed by atoms with Gasteiger partial charge in [-0.3, -0.25) is 9.36 Å². The molecule has 0 spiro atoms. The highest BCUT2D eigenvalue weighted by atomic mass is 32.1. The Hall–Kier alpha value is -3.97. The normalized spacial score (nSPS) is 15.7. The number of nitrogens with zero attached hydrogens (tertiary/aromatic N) is 2. The third kappa shape index (κ3) is 3.95. The Morgan fingerprint density at radius 2 is 1.79 bits per heavy atom. The predicted octanol–water partition coefficient (Wildman–Crippen LogP) is 3.84. The average molecular weight is 471 g/mol. The van der Waals surface area contributed by atoms with Crippen LogP contribution in [0.2, 0.25) is 0 Å². The number of fused-ring (bicyclic) bond motifs is 1. The number of benzene rings is 2. The Morgan fingerprint density at radius 3 is 2.44 bits per heavy atom. The molecule has 170 valence electrons. The van der Waals surface area contributed by atoms with Gasteiger partial charge in [0, 0.05) is 11.6 Å². The maximum Gasteiger partial charge on any atom is 0.338 e. The van der Waals surface area contributed by atoms with Gasteiger partial charge in [0.2, 0.25) is 0 Å². The molecule has 5 rings (SSSR count). The lowest BCUT2D eigenvalue weighted by atomic mass is 9.93. The van der Waals surface area contributed by atoms with Crippen LogP contribution in [-0.4, -0.2) is 17.1 Å². The second-order valence-electron chi connectivity index (χ2n) is 7.79. The van der Waals surface area contributed by atoms with Crippen LogP contribution in [-0.2, 0) is 9.53 Å². The summed E-state index contributed by atoms with van der Waals surface area (Å²) in [6.07, 6.45) is 1.72. The quantitative estimate of drug-likeness (QED) is 0.416. The van der Waals surface area contributed by atoms with Crippen molar-refractivity contribution < 1.29 is 13.9 Å². The molecule has 7 heteroatoms. The second kappa shape index (κ2) is 9.11. The number of aryl methyl sites for hydroxylation is 1. The van der Waals surface area contributed by atoms with Gasteiger partial charge in [0.25, 0.3) is 5.56 Å². The number of carbonyl (C=O) groups is 1. The molecule has 0 unspecified atom stereocenters. The van der Waals surface area contributed by atoms with Crippen LogP contribution in [0.3, 0.4) is 0 Å². The number of carbonyl (C=O) groups excluding carboxylic acids is 1. The second-order valence-corrected chi connectivity index (χ2v) is 8.80. The molecule has 0 amide bonds. The van der Waals surface area contributed by atoms with Crippen molar-refractivity contribution in [3.63, 3.8) is 0 Å². The zero-order valence-electron chi connectivity index (χ0n) is 18.7. The van der Waals surface area contributed by atoms with Gasteiger partial charge in [-0.05, 0) is 31.5 Å². The molecule has 6 nitrogen and oxygen atoms in total. The van der Waals surface area contributed by atoms with E-state index in [2.05, 4.69) is 0 Å². The number of rotatable bonds is 5. The van der Waals surface area contributed by atoms with E-state index in [4.69, 9.17) is 14.1 Å². The minimum atomic E-state index is -0.674. The maximum atomic E-state index is 13.6. The Morgan fingerprint density at radius 1 is 1.09 bits per heavy atom. The number of thiazole rings is 1. The molecule has 1 aliphatic heterocycles. The molecule has 1 aliphatic rings. The fraction of sp³-hybridized carbons (Fsp3) is 0.148. The standard InChI is InChI=1S/C27H22N2O4S/c1-3-32-26(31)22-23(18-10-6-4-7-11-18)28-27-29(24(22)19-12-8-5-9-13-19)25(30)21(34-27)16-20-15-14-17(2)33-20/h4-16,24H,3H2,1-2H3/b21-16-/t24-/m0/s1. The summed E-state index contributed by atoms with van der Waals surface area (Å²) in [5.41, 5.74) is 2.20. The molecule has 1 atom stereocenters. The van der Waals surface area contributed by atoms with Gasteiger partial charge in [-0.2, -0.15) is 0 Å². The van der Waals surface area contributed by atoms with E-state index in [1.54, 1.807) is 17.6 Å². The van der Waals surface area contributed by atoms with Crippen LogP contribution in [0.25, 0.3) is 11.8 Å². The fourth-order valence-corrected chi connectivity index (χ4v) is 5.03. The Bertz CT molecular complexity index is 1560. The van der Waals surface area contributed by atoms with Crippen molar-refractivity contribution in [2.24, 2.45) is 4.99 Å². The van der Waals surface area contributed by atoms with E-state index in [0.717, 1.165) is 16.9 Å². The minimum absolute atomic E-state index is 0.216. The predicted molar refractivity (Wildman–Crippen MR) is 131 cm³/mol. The van der Waals surface area contributed by atoms with E-state index < -0.39 is 12.0 Å². The monoisotopic (exact) mass is 470 g/mol. The molecule has 0 saturated carbocycles. The van der Waals surface area contributed by atoms with Crippen molar-refractivity contribution in [1.29, 1.82) is 0 Å². The molecule has 34 heavy (non-hydrogen) atoms. The van der Waals surface area contributed by atoms with Crippen molar-refractivity contribution >= 4 is 29.1 Å². The smallest absolute Gasteiger partial charge is 0.338 e. The molecular weight excluding hydrogens is 448 g/mol. The molecular formula is C27H22N2O4S. The lowest BCUT2D eigenvalue weighted by Crippen LogP contribution is -2.39. The summed E-state index contributed by atoms with van der Waals surface area (Å²) in [7, 11) is 0. The molecule has 0 radical (unpaired) electrons. The van der Waals surface area contributed by atoms with Gasteiger partial charge in [-0.1, -0.05) is 72.0 Å². The molecule has 4 aromatic rings. The lowest BCUT2D eigenvalue weighted by Gasteiger charge is -2.25. The van der Waals surface area contributed by atoms with Crippen LogP contribution in [0, 0.1) is 6.92 Å². The molecule has 0 bridgehead atoms. The van der Waals surface area contributed by atoms with Gasteiger partial charge in [0.15, 0.2) is 4.80 Å². The lowest BCUT2D eigenvalue weighted by molar-refractivity contribution is -0.138. The topological polar surface area (TPSA) is 73.8 Å². The summed E-state index contributed by atoms with van der Waals surface area (Å²) in [6.45, 7) is 3.83. The number of hydrogen-bond donors (Lipinski definition) is 0. The van der Waals surface area contributed by atoms with Crippen molar-refractivity contribution in [1.82, 2.24) is 4.57 Å². The maximum absolute atomic E-state index is 13.6. The van der Waals surface area contributed by atoms with Crippen LogP contribution in [0.4, 0.5) is 0 Å². The van der Waals surface area contributed by atoms with E-state index in [1.165, 1.54) is 11.3 Å². The summed E-state index contributed by atoms with van der Waals surface area (Å²) in [5.74, 6) is 0.860. The van der Waals surface area contributed by atoms with Crippen molar-refractivity contribution in [2.75, 3.05) is 6.61 Å². The fourth-order valence-electron chi connectivity index (χ4n) is 4.05. The SMILES string of the molecule is CCOC(=O)C1=C(c2ccccc2)N=c2s/c(=C\c3ccc(C)o3)c(=O)n2[C@H]1c1ccccc1. The van der Waals surface area contributed by atoms with Gasteiger partial charge in [-0.25, -0.2) is 9.79 Å². The Balaban J connectivity index is 1.83. The largest absolute Gasteiger partial charge is 0.463 e. The minimum Gasteiger partial charge on any atom is -0.463 e. The molecule has 0 fully saturated rings. The first-order valence-corrected chi connectivity index (χ1v) is 11.8. The molecule has 0 N–H and O–H groups in total. The zero-order valence-corrected chi connectivity index (χ0v) is 19.5. The van der Waals surface area contributed by atoms with E-state index >= 15 is 0 Å². The number of esters is 1. The third-order valence-corrected chi connectivity index (χ3v) is 6.51. The molecule has 3 heterocycles. The Kier molecular flexibility index (Phi) is 5.86. The van der Waals surface area contributed by atoms with Crippen molar-refractivity contribution in [2.45, 2.75) is 19.9 Å². The summed E-state index contributed by atoms with van der Waals surface area (Å²) < 4.78 is 13.2. The van der Waals surface area contributed by atoms with E-state index in [0.29, 0.717) is 26.4 Å². The third-order valence-electron chi connectivity index (χ3n) is 5.52. The molecule has 2 aromatic carbocycles. The van der Waals surface area contributed by atoms with Crippen LogP contribution in [0.5, 0.6) is 0 Å². The molecule has 0 aliphatic carbocycles. The number of aromatic nitrogens is 1. The summed E-state index contributed by atoms with van der Waals surface area (Å²) in [6, 6.07) is 22.0. The van der Waals surface area contributed by atoms with Crippen LogP contribution >= 0.6 is 11.3 Å². The number of furan rings is 1. The van der Waals surface area contributed by atoms with Crippen molar-refractivity contribution in [3.8, 4) is 0 Å². The highest BCUT2D eigenvalue weighted by molar-refractivity contribution is 7.07. The van der Waals surface area contributed by atoms with Crippen LogP contribution in [0.15, 0.2) is 92.6 Å². The summed E-state index contributed by atoms with van der Waals surface area (Å²) in [4.78, 5) is 32.3. The van der Waals surface area contributed by atoms with Gasteiger partial charge in [-0.15, -0.1) is 0 Å². The number of hydrogen-bond acceptors (Lipinski definition) is 6. The molecule has 2 aromatic heterocycles. The average Bonchev–Trinajstić information content (AvgIpc) is 3.41. The summed E-state index contributed by atoms with van der Waals surface area (Å²) >= 11 is 1.27. The van der Waals surface area contributed by atoms with Gasteiger partial charge < -0.3 is 9.15 Å². The van der Waals surface area contributed by atoms with Crippen molar-refractivity contribution in [3.05, 3.63) is 121 Å². The van der Waals surface area contributed by atoms with E-state index in [9.17, 15) is 9.59 Å². The van der Waals surface area contributed by atoms with E-state index in [1.807, 2.05) is 79.7 Å². The van der Waals surface area contributed by atoms with Crippen LogP contribution < -0.4 is 14.9 Å². The van der Waals surface area contributed by atoms with E-state index in [-0.39, 0.29) is 12.2 Å². The van der Waals surface area contributed by atoms with Gasteiger partial charge in [0.1, 0.15) is 11.5 Å². The first-order chi connectivity index (χ1) is 16.6. The summed E-state index contributed by atoms with van der Waals surface area (Å²) in [5, 5.41) is 0. The van der Waals surface area contributed by atoms with Gasteiger partial charge in [0.05, 0.1) is 28.5 Å². The van der Waals surface area contributed by atoms with Gasteiger partial charge >= 0.3 is 5.97 Å².